The Labute approximate surface area is 117 Å². The van der Waals surface area contributed by atoms with Gasteiger partial charge in [-0.2, -0.15) is 19.6 Å². The highest BCUT2D eigenvalue weighted by molar-refractivity contribution is 6.30. The fourth-order valence-electron chi connectivity index (χ4n) is 2.86. The van der Waals surface area contributed by atoms with Crippen molar-refractivity contribution in [1.82, 2.24) is 19.6 Å². The molecule has 0 bridgehead atoms. The molecule has 2 heterocycles. The van der Waals surface area contributed by atoms with Crippen molar-refractivity contribution in [2.24, 2.45) is 11.8 Å². The van der Waals surface area contributed by atoms with Crippen molar-refractivity contribution in [3.8, 4) is 0 Å². The molecule has 6 heteroatoms. The van der Waals surface area contributed by atoms with Crippen LogP contribution in [0.15, 0.2) is 6.33 Å². The quantitative estimate of drug-likeness (QED) is 0.878. The molecular weight excluding hydrogens is 262 g/mol. The summed E-state index contributed by atoms with van der Waals surface area (Å²) >= 11 is 6.14. The van der Waals surface area contributed by atoms with E-state index in [-0.39, 0.29) is 0 Å². The third-order valence-electron chi connectivity index (χ3n) is 3.97. The molecule has 1 fully saturated rings. The molecule has 3 rings (SSSR count). The molecule has 102 valence electrons. The average Bonchev–Trinajstić information content (AvgIpc) is 2.99. The standard InChI is InChI=1S/C13H18ClN5/c1-8-3-4-10(5-8)6-15-12-9(2)11(14)18-13-16-7-17-19(12)13/h7-8,10,15H,3-6H2,1-2H3. The Bertz CT molecular complexity index is 594. The van der Waals surface area contributed by atoms with E-state index in [4.69, 9.17) is 11.6 Å². The first-order valence-corrected chi connectivity index (χ1v) is 7.12. The van der Waals surface area contributed by atoms with Gasteiger partial charge in [-0.25, -0.2) is 0 Å². The van der Waals surface area contributed by atoms with Gasteiger partial charge in [-0.3, -0.25) is 0 Å². The lowest BCUT2D eigenvalue weighted by atomic mass is 10.1. The fourth-order valence-corrected chi connectivity index (χ4v) is 3.02. The minimum Gasteiger partial charge on any atom is -0.369 e. The molecule has 2 aromatic heterocycles. The van der Waals surface area contributed by atoms with Crippen molar-refractivity contribution in [2.45, 2.75) is 33.1 Å². The van der Waals surface area contributed by atoms with Crippen molar-refractivity contribution < 1.29 is 0 Å². The summed E-state index contributed by atoms with van der Waals surface area (Å²) in [7, 11) is 0. The van der Waals surface area contributed by atoms with Crippen LogP contribution in [0.1, 0.15) is 31.7 Å². The maximum Gasteiger partial charge on any atom is 0.255 e. The number of anilines is 1. The number of nitrogens with zero attached hydrogens (tertiary/aromatic N) is 4. The zero-order valence-corrected chi connectivity index (χ0v) is 12.0. The molecule has 0 aromatic carbocycles. The van der Waals surface area contributed by atoms with Crippen molar-refractivity contribution >= 4 is 23.2 Å². The second-order valence-electron chi connectivity index (χ2n) is 5.51. The first-order chi connectivity index (χ1) is 9.15. The van der Waals surface area contributed by atoms with Gasteiger partial charge >= 0.3 is 0 Å². The van der Waals surface area contributed by atoms with Crippen LogP contribution in [0.3, 0.4) is 0 Å². The van der Waals surface area contributed by atoms with Crippen LogP contribution in [0.4, 0.5) is 5.82 Å². The van der Waals surface area contributed by atoms with Gasteiger partial charge in [0.25, 0.3) is 5.78 Å². The highest BCUT2D eigenvalue weighted by Crippen LogP contribution is 2.31. The highest BCUT2D eigenvalue weighted by Gasteiger charge is 2.22. The van der Waals surface area contributed by atoms with Gasteiger partial charge in [0, 0.05) is 12.1 Å². The number of hydrogen-bond donors (Lipinski definition) is 1. The van der Waals surface area contributed by atoms with Crippen LogP contribution < -0.4 is 5.32 Å². The molecule has 0 saturated heterocycles. The molecule has 19 heavy (non-hydrogen) atoms. The maximum atomic E-state index is 6.14. The van der Waals surface area contributed by atoms with Crippen LogP contribution in [-0.4, -0.2) is 26.1 Å². The molecule has 1 N–H and O–H groups in total. The van der Waals surface area contributed by atoms with Crippen molar-refractivity contribution in [2.75, 3.05) is 11.9 Å². The van der Waals surface area contributed by atoms with E-state index in [1.165, 1.54) is 25.6 Å². The lowest BCUT2D eigenvalue weighted by molar-refractivity contribution is 0.536. The van der Waals surface area contributed by atoms with Crippen LogP contribution in [0.2, 0.25) is 5.15 Å². The molecule has 2 aromatic rings. The molecular formula is C13H18ClN5. The van der Waals surface area contributed by atoms with E-state index in [2.05, 4.69) is 27.3 Å². The number of fused-ring (bicyclic) bond motifs is 1. The van der Waals surface area contributed by atoms with Gasteiger partial charge in [0.2, 0.25) is 0 Å². The number of hydrogen-bond acceptors (Lipinski definition) is 4. The minimum absolute atomic E-state index is 0.489. The molecule has 2 atom stereocenters. The van der Waals surface area contributed by atoms with Crippen molar-refractivity contribution in [3.63, 3.8) is 0 Å². The van der Waals surface area contributed by atoms with Crippen LogP contribution in [0, 0.1) is 18.8 Å². The number of halogens is 1. The average molecular weight is 280 g/mol. The molecule has 2 unspecified atom stereocenters. The first kappa shape index (κ1) is 12.7. The molecule has 0 aliphatic heterocycles. The topological polar surface area (TPSA) is 55.1 Å². The fraction of sp³-hybridized carbons (Fsp3) is 0.615. The van der Waals surface area contributed by atoms with Gasteiger partial charge in [-0.1, -0.05) is 24.9 Å². The van der Waals surface area contributed by atoms with Gasteiger partial charge < -0.3 is 5.32 Å². The normalized spacial score (nSPS) is 23.1. The predicted octanol–water partition coefficient (Wildman–Crippen LogP) is 2.93. The highest BCUT2D eigenvalue weighted by atomic mass is 35.5. The Balaban J connectivity index is 1.83. The van der Waals surface area contributed by atoms with E-state index < -0.39 is 0 Å². The Hall–Kier alpha value is -1.36. The van der Waals surface area contributed by atoms with E-state index in [1.807, 2.05) is 6.92 Å². The minimum atomic E-state index is 0.489. The summed E-state index contributed by atoms with van der Waals surface area (Å²) in [4.78, 5) is 8.29. The summed E-state index contributed by atoms with van der Waals surface area (Å²) in [5.41, 5.74) is 0.922. The summed E-state index contributed by atoms with van der Waals surface area (Å²) in [6.45, 7) is 5.24. The zero-order chi connectivity index (χ0) is 13.4. The van der Waals surface area contributed by atoms with Crippen molar-refractivity contribution in [1.29, 1.82) is 0 Å². The third-order valence-corrected chi connectivity index (χ3v) is 4.33. The lowest BCUT2D eigenvalue weighted by Gasteiger charge is -2.15. The Morgan fingerprint density at radius 3 is 3.05 bits per heavy atom. The SMILES string of the molecule is Cc1c(Cl)nc2ncnn2c1NCC1CCC(C)C1. The lowest BCUT2D eigenvalue weighted by Crippen LogP contribution is -2.15. The zero-order valence-electron chi connectivity index (χ0n) is 11.2. The van der Waals surface area contributed by atoms with E-state index in [1.54, 1.807) is 4.52 Å². The Morgan fingerprint density at radius 2 is 2.32 bits per heavy atom. The molecule has 1 aliphatic carbocycles. The van der Waals surface area contributed by atoms with Gasteiger partial charge in [0.15, 0.2) is 0 Å². The smallest absolute Gasteiger partial charge is 0.255 e. The molecule has 0 radical (unpaired) electrons. The van der Waals surface area contributed by atoms with E-state index in [0.29, 0.717) is 10.9 Å². The van der Waals surface area contributed by atoms with Gasteiger partial charge in [0.1, 0.15) is 17.3 Å². The number of aromatic nitrogens is 4. The summed E-state index contributed by atoms with van der Waals surface area (Å²) < 4.78 is 1.72. The summed E-state index contributed by atoms with van der Waals surface area (Å²) in [6, 6.07) is 0. The number of rotatable bonds is 3. The molecule has 1 aliphatic rings. The number of nitrogens with one attached hydrogen (secondary N) is 1. The summed E-state index contributed by atoms with van der Waals surface area (Å²) in [5.74, 6) is 3.03. The van der Waals surface area contributed by atoms with E-state index in [0.717, 1.165) is 29.8 Å². The second kappa shape index (κ2) is 4.96. The monoisotopic (exact) mass is 279 g/mol. The van der Waals surface area contributed by atoms with Gasteiger partial charge in [0.05, 0.1) is 0 Å². The van der Waals surface area contributed by atoms with E-state index >= 15 is 0 Å². The maximum absolute atomic E-state index is 6.14. The van der Waals surface area contributed by atoms with Crippen molar-refractivity contribution in [3.05, 3.63) is 17.0 Å². The Kier molecular flexibility index (Phi) is 3.31. The largest absolute Gasteiger partial charge is 0.369 e. The summed E-state index contributed by atoms with van der Waals surface area (Å²) in [6.07, 6.45) is 5.43. The molecule has 5 nitrogen and oxygen atoms in total. The summed E-state index contributed by atoms with van der Waals surface area (Å²) in [5, 5.41) is 8.17. The molecule has 0 amide bonds. The van der Waals surface area contributed by atoms with Crippen LogP contribution in [-0.2, 0) is 0 Å². The van der Waals surface area contributed by atoms with Gasteiger partial charge in [-0.15, -0.1) is 0 Å². The predicted molar refractivity (Wildman–Crippen MR) is 75.5 cm³/mol. The van der Waals surface area contributed by atoms with Crippen LogP contribution in [0.25, 0.3) is 5.78 Å². The van der Waals surface area contributed by atoms with Crippen LogP contribution >= 0.6 is 11.6 Å². The second-order valence-corrected chi connectivity index (χ2v) is 5.87. The first-order valence-electron chi connectivity index (χ1n) is 6.75. The molecule has 0 spiro atoms. The van der Waals surface area contributed by atoms with Gasteiger partial charge in [-0.05, 0) is 31.6 Å². The Morgan fingerprint density at radius 1 is 1.47 bits per heavy atom. The third kappa shape index (κ3) is 2.39. The molecule has 1 saturated carbocycles. The van der Waals surface area contributed by atoms with Crippen LogP contribution in [0.5, 0.6) is 0 Å². The van der Waals surface area contributed by atoms with E-state index in [9.17, 15) is 0 Å².